The van der Waals surface area contributed by atoms with Crippen LogP contribution in [0.15, 0.2) is 30.3 Å². The maximum Gasteiger partial charge on any atom is 0.123 e. The molecular weight excluding hydrogens is 198 g/mol. The minimum absolute atomic E-state index is 0.388. The average Bonchev–Trinajstić information content (AvgIpc) is 2.30. The molecule has 0 saturated carbocycles. The van der Waals surface area contributed by atoms with Crippen molar-refractivity contribution < 1.29 is 5.11 Å². The van der Waals surface area contributed by atoms with E-state index in [1.54, 1.807) is 6.07 Å². The average molecular weight is 217 g/mol. The molecule has 0 atom stereocenters. The van der Waals surface area contributed by atoms with Gasteiger partial charge in [0.25, 0.3) is 0 Å². The minimum atomic E-state index is 0.388. The Kier molecular flexibility index (Phi) is 3.30. The number of aromatic hydroxyl groups is 1. The lowest BCUT2D eigenvalue weighted by Crippen LogP contribution is -2.35. The third-order valence-electron chi connectivity index (χ3n) is 3.16. The first-order chi connectivity index (χ1) is 7.68. The summed E-state index contributed by atoms with van der Waals surface area (Å²) in [5.74, 6) is 0.388. The molecule has 1 N–H and O–H groups in total. The lowest BCUT2D eigenvalue weighted by molar-refractivity contribution is 0.247. The predicted molar refractivity (Wildman–Crippen MR) is 67.4 cm³/mol. The maximum absolute atomic E-state index is 9.83. The van der Waals surface area contributed by atoms with Gasteiger partial charge in [0.2, 0.25) is 0 Å². The molecule has 0 unspecified atom stereocenters. The molecular formula is C14H19NO. The van der Waals surface area contributed by atoms with Crippen molar-refractivity contribution in [3.63, 3.8) is 0 Å². The van der Waals surface area contributed by atoms with Crippen molar-refractivity contribution in [2.75, 3.05) is 13.1 Å². The molecule has 0 fully saturated rings. The smallest absolute Gasteiger partial charge is 0.123 e. The zero-order chi connectivity index (χ0) is 11.5. The molecule has 2 nitrogen and oxygen atoms in total. The van der Waals surface area contributed by atoms with Crippen LogP contribution >= 0.6 is 0 Å². The summed E-state index contributed by atoms with van der Waals surface area (Å²) >= 11 is 0. The fraction of sp³-hybridized carbons (Fsp3) is 0.429. The van der Waals surface area contributed by atoms with Crippen LogP contribution in [-0.4, -0.2) is 29.1 Å². The Morgan fingerprint density at radius 1 is 1.25 bits per heavy atom. The van der Waals surface area contributed by atoms with E-state index in [0.29, 0.717) is 11.8 Å². The van der Waals surface area contributed by atoms with Crippen molar-refractivity contribution in [1.82, 2.24) is 4.90 Å². The molecule has 1 aromatic carbocycles. The molecule has 0 aromatic heterocycles. The van der Waals surface area contributed by atoms with Crippen LogP contribution < -0.4 is 0 Å². The van der Waals surface area contributed by atoms with Gasteiger partial charge in [-0.15, -0.1) is 0 Å². The standard InChI is InChI=1S/C14H19NO/c1-11(2)15-9-5-6-12(10-15)13-7-3-4-8-14(13)16/h3-4,6-8,11,16H,5,9-10H2,1-2H3. The zero-order valence-electron chi connectivity index (χ0n) is 9.98. The Morgan fingerprint density at radius 2 is 2.00 bits per heavy atom. The number of benzene rings is 1. The Bertz CT molecular complexity index is 395. The topological polar surface area (TPSA) is 23.5 Å². The first kappa shape index (κ1) is 11.2. The van der Waals surface area contributed by atoms with Gasteiger partial charge < -0.3 is 5.11 Å². The quantitative estimate of drug-likeness (QED) is 0.823. The van der Waals surface area contributed by atoms with E-state index >= 15 is 0 Å². The molecule has 0 bridgehead atoms. The van der Waals surface area contributed by atoms with Crippen LogP contribution in [-0.2, 0) is 0 Å². The van der Waals surface area contributed by atoms with E-state index in [4.69, 9.17) is 0 Å². The number of phenols is 1. The largest absolute Gasteiger partial charge is 0.507 e. The number of phenolic OH excluding ortho intramolecular Hbond substituents is 1. The summed E-state index contributed by atoms with van der Waals surface area (Å²) in [5.41, 5.74) is 2.23. The number of para-hydroxylation sites is 1. The Morgan fingerprint density at radius 3 is 2.69 bits per heavy atom. The second-order valence-corrected chi connectivity index (χ2v) is 4.60. The van der Waals surface area contributed by atoms with Gasteiger partial charge in [0, 0.05) is 24.7 Å². The highest BCUT2D eigenvalue weighted by atomic mass is 16.3. The van der Waals surface area contributed by atoms with E-state index in [-0.39, 0.29) is 0 Å². The predicted octanol–water partition coefficient (Wildman–Crippen LogP) is 2.89. The number of nitrogens with zero attached hydrogens (tertiary/aromatic N) is 1. The molecule has 1 aliphatic heterocycles. The van der Waals surface area contributed by atoms with Gasteiger partial charge in [0.1, 0.15) is 5.75 Å². The lowest BCUT2D eigenvalue weighted by Gasteiger charge is -2.30. The highest BCUT2D eigenvalue weighted by Gasteiger charge is 2.17. The molecule has 1 aliphatic rings. The number of hydrogen-bond donors (Lipinski definition) is 1. The Hall–Kier alpha value is -1.28. The Balaban J connectivity index is 2.22. The highest BCUT2D eigenvalue weighted by molar-refractivity contribution is 5.72. The van der Waals surface area contributed by atoms with Gasteiger partial charge in [0.05, 0.1) is 0 Å². The first-order valence-corrected chi connectivity index (χ1v) is 5.90. The van der Waals surface area contributed by atoms with Gasteiger partial charge in [-0.1, -0.05) is 24.3 Å². The second kappa shape index (κ2) is 4.71. The summed E-state index contributed by atoms with van der Waals surface area (Å²) in [6.07, 6.45) is 3.32. The number of hydrogen-bond acceptors (Lipinski definition) is 2. The van der Waals surface area contributed by atoms with Crippen molar-refractivity contribution >= 4 is 5.57 Å². The van der Waals surface area contributed by atoms with Crippen LogP contribution in [0.1, 0.15) is 25.8 Å². The highest BCUT2D eigenvalue weighted by Crippen LogP contribution is 2.28. The molecule has 2 heteroatoms. The molecule has 86 valence electrons. The molecule has 2 rings (SSSR count). The molecule has 1 aromatic rings. The molecule has 0 amide bonds. The second-order valence-electron chi connectivity index (χ2n) is 4.60. The molecule has 0 spiro atoms. The van der Waals surface area contributed by atoms with Gasteiger partial charge in [-0.25, -0.2) is 0 Å². The fourth-order valence-electron chi connectivity index (χ4n) is 2.15. The van der Waals surface area contributed by atoms with Crippen molar-refractivity contribution in [3.05, 3.63) is 35.9 Å². The summed E-state index contributed by atoms with van der Waals surface area (Å²) < 4.78 is 0. The molecule has 0 saturated heterocycles. The van der Waals surface area contributed by atoms with Crippen LogP contribution in [0, 0.1) is 0 Å². The molecule has 16 heavy (non-hydrogen) atoms. The van der Waals surface area contributed by atoms with E-state index in [0.717, 1.165) is 25.1 Å². The molecule has 0 radical (unpaired) electrons. The fourth-order valence-corrected chi connectivity index (χ4v) is 2.15. The molecule has 0 aliphatic carbocycles. The third kappa shape index (κ3) is 2.27. The van der Waals surface area contributed by atoms with E-state index in [2.05, 4.69) is 24.8 Å². The summed E-state index contributed by atoms with van der Waals surface area (Å²) in [5, 5.41) is 9.83. The summed E-state index contributed by atoms with van der Waals surface area (Å²) in [6, 6.07) is 8.15. The summed E-state index contributed by atoms with van der Waals surface area (Å²) in [6.45, 7) is 6.49. The van der Waals surface area contributed by atoms with E-state index in [1.165, 1.54) is 5.57 Å². The third-order valence-corrected chi connectivity index (χ3v) is 3.16. The van der Waals surface area contributed by atoms with Crippen LogP contribution in [0.4, 0.5) is 0 Å². The summed E-state index contributed by atoms with van der Waals surface area (Å²) in [7, 11) is 0. The SMILES string of the molecule is CC(C)N1CCC=C(c2ccccc2O)C1. The van der Waals surface area contributed by atoms with Crippen LogP contribution in [0.5, 0.6) is 5.75 Å². The van der Waals surface area contributed by atoms with Crippen molar-refractivity contribution in [2.24, 2.45) is 0 Å². The summed E-state index contributed by atoms with van der Waals surface area (Å²) in [4.78, 5) is 2.43. The lowest BCUT2D eigenvalue weighted by atomic mass is 9.99. The van der Waals surface area contributed by atoms with Gasteiger partial charge in [-0.05, 0) is 31.9 Å². The first-order valence-electron chi connectivity index (χ1n) is 5.90. The monoisotopic (exact) mass is 217 g/mol. The van der Waals surface area contributed by atoms with Crippen LogP contribution in [0.25, 0.3) is 5.57 Å². The Labute approximate surface area is 97.2 Å². The van der Waals surface area contributed by atoms with Crippen molar-refractivity contribution in [2.45, 2.75) is 26.3 Å². The maximum atomic E-state index is 9.83. The van der Waals surface area contributed by atoms with E-state index < -0.39 is 0 Å². The van der Waals surface area contributed by atoms with Gasteiger partial charge in [-0.2, -0.15) is 0 Å². The van der Waals surface area contributed by atoms with E-state index in [1.807, 2.05) is 18.2 Å². The van der Waals surface area contributed by atoms with Crippen molar-refractivity contribution in [3.8, 4) is 5.75 Å². The minimum Gasteiger partial charge on any atom is -0.507 e. The number of rotatable bonds is 2. The van der Waals surface area contributed by atoms with Crippen LogP contribution in [0.2, 0.25) is 0 Å². The van der Waals surface area contributed by atoms with Crippen LogP contribution in [0.3, 0.4) is 0 Å². The van der Waals surface area contributed by atoms with Crippen molar-refractivity contribution in [1.29, 1.82) is 0 Å². The molecule has 1 heterocycles. The normalized spacial score (nSPS) is 17.6. The van der Waals surface area contributed by atoms with Gasteiger partial charge in [-0.3, -0.25) is 4.90 Å². The van der Waals surface area contributed by atoms with Gasteiger partial charge >= 0.3 is 0 Å². The zero-order valence-corrected chi connectivity index (χ0v) is 9.98. The van der Waals surface area contributed by atoms with E-state index in [9.17, 15) is 5.11 Å². The van der Waals surface area contributed by atoms with Gasteiger partial charge in [0.15, 0.2) is 0 Å².